The number of hydrogen-bond donors (Lipinski definition) is 1. The van der Waals surface area contributed by atoms with Crippen LogP contribution in [0.25, 0.3) is 0 Å². The van der Waals surface area contributed by atoms with Gasteiger partial charge in [0, 0.05) is 16.8 Å². The number of halogens is 1. The lowest BCUT2D eigenvalue weighted by atomic mass is 10.2. The van der Waals surface area contributed by atoms with Gasteiger partial charge in [-0.2, -0.15) is 0 Å². The molecule has 4 nitrogen and oxygen atoms in total. The lowest BCUT2D eigenvalue weighted by Gasteiger charge is -2.07. The highest BCUT2D eigenvalue weighted by Crippen LogP contribution is 2.19. The highest BCUT2D eigenvalue weighted by atomic mass is 35.5. The van der Waals surface area contributed by atoms with Gasteiger partial charge < -0.3 is 10.1 Å². The minimum absolute atomic E-state index is 0.313. The SMILES string of the molecule is CCOC(=O)c1cccc(NCc2cnc(Cl)s2)c1. The summed E-state index contributed by atoms with van der Waals surface area (Å²) < 4.78 is 5.48. The van der Waals surface area contributed by atoms with Crippen LogP contribution in [0.1, 0.15) is 22.2 Å². The molecule has 1 heterocycles. The summed E-state index contributed by atoms with van der Waals surface area (Å²) in [5, 5.41) is 3.22. The molecule has 0 amide bonds. The summed E-state index contributed by atoms with van der Waals surface area (Å²) in [5.41, 5.74) is 1.39. The number of hydrogen-bond acceptors (Lipinski definition) is 5. The summed E-state index contributed by atoms with van der Waals surface area (Å²) in [6.07, 6.45) is 1.73. The number of ether oxygens (including phenoxy) is 1. The maximum absolute atomic E-state index is 11.6. The summed E-state index contributed by atoms with van der Waals surface area (Å²) in [6, 6.07) is 7.20. The maximum atomic E-state index is 11.6. The molecule has 1 aromatic heterocycles. The van der Waals surface area contributed by atoms with Crippen molar-refractivity contribution in [2.24, 2.45) is 0 Å². The molecule has 0 saturated carbocycles. The van der Waals surface area contributed by atoms with E-state index in [0.717, 1.165) is 10.6 Å². The van der Waals surface area contributed by atoms with E-state index in [1.165, 1.54) is 11.3 Å². The lowest BCUT2D eigenvalue weighted by Crippen LogP contribution is -2.05. The van der Waals surface area contributed by atoms with Crippen molar-refractivity contribution in [1.82, 2.24) is 4.98 Å². The molecular formula is C13H13ClN2O2S. The fraction of sp³-hybridized carbons (Fsp3) is 0.231. The Balaban J connectivity index is 2.00. The number of benzene rings is 1. The zero-order chi connectivity index (χ0) is 13.7. The predicted octanol–water partition coefficient (Wildman–Crippen LogP) is 3.59. The van der Waals surface area contributed by atoms with Gasteiger partial charge in [0.25, 0.3) is 0 Å². The normalized spacial score (nSPS) is 10.2. The molecule has 0 atom stereocenters. The van der Waals surface area contributed by atoms with E-state index in [9.17, 15) is 4.79 Å². The van der Waals surface area contributed by atoms with E-state index in [0.29, 0.717) is 23.2 Å². The van der Waals surface area contributed by atoms with Crippen molar-refractivity contribution in [1.29, 1.82) is 0 Å². The number of carbonyl (C=O) groups is 1. The molecule has 0 aliphatic carbocycles. The Morgan fingerprint density at radius 2 is 2.37 bits per heavy atom. The quantitative estimate of drug-likeness (QED) is 0.857. The number of carbonyl (C=O) groups excluding carboxylic acids is 1. The molecular weight excluding hydrogens is 284 g/mol. The second-order valence-corrected chi connectivity index (χ2v) is 5.43. The van der Waals surface area contributed by atoms with Gasteiger partial charge >= 0.3 is 5.97 Å². The number of thiazole rings is 1. The molecule has 0 aliphatic heterocycles. The highest BCUT2D eigenvalue weighted by Gasteiger charge is 2.06. The molecule has 100 valence electrons. The van der Waals surface area contributed by atoms with Crippen LogP contribution in [0.3, 0.4) is 0 Å². The van der Waals surface area contributed by atoms with Crippen LogP contribution in [0.2, 0.25) is 4.47 Å². The minimum Gasteiger partial charge on any atom is -0.462 e. The third-order valence-corrected chi connectivity index (χ3v) is 3.48. The van der Waals surface area contributed by atoms with Crippen molar-refractivity contribution in [2.45, 2.75) is 13.5 Å². The summed E-state index contributed by atoms with van der Waals surface area (Å²) >= 11 is 7.19. The molecule has 6 heteroatoms. The predicted molar refractivity (Wildman–Crippen MR) is 76.8 cm³/mol. The smallest absolute Gasteiger partial charge is 0.338 e. The largest absolute Gasteiger partial charge is 0.462 e. The standard InChI is InChI=1S/C13H13ClN2O2S/c1-2-18-12(17)9-4-3-5-10(6-9)15-7-11-8-16-13(14)19-11/h3-6,8,15H,2,7H2,1H3. The molecule has 19 heavy (non-hydrogen) atoms. The summed E-state index contributed by atoms with van der Waals surface area (Å²) in [6.45, 7) is 2.78. The number of aromatic nitrogens is 1. The minimum atomic E-state index is -0.313. The zero-order valence-electron chi connectivity index (χ0n) is 10.4. The number of anilines is 1. The summed E-state index contributed by atoms with van der Waals surface area (Å²) in [5.74, 6) is -0.313. The Labute approximate surface area is 120 Å². The molecule has 0 radical (unpaired) electrons. The van der Waals surface area contributed by atoms with E-state index in [4.69, 9.17) is 16.3 Å². The van der Waals surface area contributed by atoms with Gasteiger partial charge in [-0.25, -0.2) is 9.78 Å². The number of rotatable bonds is 5. The van der Waals surface area contributed by atoms with Gasteiger partial charge in [-0.15, -0.1) is 11.3 Å². The van der Waals surface area contributed by atoms with Crippen LogP contribution < -0.4 is 5.32 Å². The number of esters is 1. The molecule has 1 N–H and O–H groups in total. The first-order chi connectivity index (χ1) is 9.19. The fourth-order valence-corrected chi connectivity index (χ4v) is 2.44. The molecule has 0 bridgehead atoms. The molecule has 0 spiro atoms. The third kappa shape index (κ3) is 3.94. The van der Waals surface area contributed by atoms with Gasteiger partial charge in [-0.1, -0.05) is 17.7 Å². The summed E-state index contributed by atoms with van der Waals surface area (Å²) in [7, 11) is 0. The van der Waals surface area contributed by atoms with Crippen LogP contribution in [0.15, 0.2) is 30.5 Å². The van der Waals surface area contributed by atoms with Crippen LogP contribution in [0.5, 0.6) is 0 Å². The Morgan fingerprint density at radius 1 is 1.53 bits per heavy atom. The van der Waals surface area contributed by atoms with E-state index in [-0.39, 0.29) is 5.97 Å². The first-order valence-corrected chi connectivity index (χ1v) is 6.99. The van der Waals surface area contributed by atoms with E-state index in [1.54, 1.807) is 25.3 Å². The van der Waals surface area contributed by atoms with Crippen LogP contribution in [0.4, 0.5) is 5.69 Å². The van der Waals surface area contributed by atoms with Crippen molar-refractivity contribution in [2.75, 3.05) is 11.9 Å². The monoisotopic (exact) mass is 296 g/mol. The van der Waals surface area contributed by atoms with Gasteiger partial charge in [0.05, 0.1) is 18.7 Å². The molecule has 0 saturated heterocycles. The maximum Gasteiger partial charge on any atom is 0.338 e. The van der Waals surface area contributed by atoms with Crippen molar-refractivity contribution in [3.8, 4) is 0 Å². The van der Waals surface area contributed by atoms with E-state index >= 15 is 0 Å². The van der Waals surface area contributed by atoms with Gasteiger partial charge in [0.15, 0.2) is 4.47 Å². The van der Waals surface area contributed by atoms with Gasteiger partial charge in [-0.05, 0) is 25.1 Å². The van der Waals surface area contributed by atoms with Crippen LogP contribution >= 0.6 is 22.9 Å². The molecule has 1 aromatic carbocycles. The van der Waals surface area contributed by atoms with Crippen molar-refractivity contribution >= 4 is 34.6 Å². The fourth-order valence-electron chi connectivity index (χ4n) is 1.53. The Hall–Kier alpha value is -1.59. The molecule has 0 fully saturated rings. The average molecular weight is 297 g/mol. The van der Waals surface area contributed by atoms with Crippen LogP contribution in [0, 0.1) is 0 Å². The first kappa shape index (κ1) is 13.8. The van der Waals surface area contributed by atoms with Gasteiger partial charge in [-0.3, -0.25) is 0 Å². The average Bonchev–Trinajstić information content (AvgIpc) is 2.83. The van der Waals surface area contributed by atoms with Crippen LogP contribution in [-0.4, -0.2) is 17.6 Å². The van der Waals surface area contributed by atoms with Crippen molar-refractivity contribution < 1.29 is 9.53 Å². The topological polar surface area (TPSA) is 51.2 Å². The molecule has 0 aliphatic rings. The van der Waals surface area contributed by atoms with E-state index < -0.39 is 0 Å². The third-order valence-electron chi connectivity index (χ3n) is 2.37. The van der Waals surface area contributed by atoms with Gasteiger partial charge in [0.1, 0.15) is 0 Å². The Bertz CT molecular complexity index is 571. The van der Waals surface area contributed by atoms with Crippen LogP contribution in [-0.2, 0) is 11.3 Å². The Kier molecular flexibility index (Phi) is 4.76. The second kappa shape index (κ2) is 6.54. The molecule has 0 unspecified atom stereocenters. The molecule has 2 aromatic rings. The number of nitrogens with one attached hydrogen (secondary N) is 1. The zero-order valence-corrected chi connectivity index (χ0v) is 11.9. The van der Waals surface area contributed by atoms with E-state index in [2.05, 4.69) is 10.3 Å². The Morgan fingerprint density at radius 3 is 3.05 bits per heavy atom. The highest BCUT2D eigenvalue weighted by molar-refractivity contribution is 7.15. The molecule has 2 rings (SSSR count). The summed E-state index contributed by atoms with van der Waals surface area (Å²) in [4.78, 5) is 16.6. The number of nitrogens with zero attached hydrogens (tertiary/aromatic N) is 1. The lowest BCUT2D eigenvalue weighted by molar-refractivity contribution is 0.0526. The van der Waals surface area contributed by atoms with Gasteiger partial charge in [0.2, 0.25) is 0 Å². The second-order valence-electron chi connectivity index (χ2n) is 3.73. The van der Waals surface area contributed by atoms with Crippen molar-refractivity contribution in [3.05, 3.63) is 45.4 Å². The van der Waals surface area contributed by atoms with E-state index in [1.807, 2.05) is 12.1 Å². The van der Waals surface area contributed by atoms with Crippen molar-refractivity contribution in [3.63, 3.8) is 0 Å². The first-order valence-electron chi connectivity index (χ1n) is 5.80.